The van der Waals surface area contributed by atoms with E-state index in [9.17, 15) is 15.0 Å². The van der Waals surface area contributed by atoms with Gasteiger partial charge in [-0.1, -0.05) is 57.2 Å². The standard InChI is InChI=1S/C21H26O4/c1-2-3-4-5-6-9-14-25-16-12-13-18(20(22)15-16)17-10-7-8-11-19(17)21(23)24/h7-8,10-13,15,22H,2-6,9,14H2,1H3,(H,23,24). The van der Waals surface area contributed by atoms with Crippen molar-refractivity contribution in [1.82, 2.24) is 0 Å². The molecule has 2 aromatic carbocycles. The minimum absolute atomic E-state index is 0.0224. The molecular weight excluding hydrogens is 316 g/mol. The number of unbranched alkanes of at least 4 members (excludes halogenated alkanes) is 5. The van der Waals surface area contributed by atoms with Crippen molar-refractivity contribution in [3.8, 4) is 22.6 Å². The van der Waals surface area contributed by atoms with Crippen LogP contribution in [0.3, 0.4) is 0 Å². The average Bonchev–Trinajstić information content (AvgIpc) is 2.61. The Morgan fingerprint density at radius 3 is 2.40 bits per heavy atom. The van der Waals surface area contributed by atoms with E-state index in [0.29, 0.717) is 23.5 Å². The van der Waals surface area contributed by atoms with Crippen molar-refractivity contribution < 1.29 is 19.7 Å². The second-order valence-electron chi connectivity index (χ2n) is 6.15. The number of ether oxygens (including phenoxy) is 1. The Bertz CT molecular complexity index is 694. The molecule has 0 aliphatic carbocycles. The Labute approximate surface area is 149 Å². The van der Waals surface area contributed by atoms with Crippen molar-refractivity contribution in [2.45, 2.75) is 45.4 Å². The topological polar surface area (TPSA) is 66.8 Å². The summed E-state index contributed by atoms with van der Waals surface area (Å²) >= 11 is 0. The lowest BCUT2D eigenvalue weighted by atomic mass is 9.99. The predicted molar refractivity (Wildman–Crippen MR) is 99.4 cm³/mol. The van der Waals surface area contributed by atoms with Crippen molar-refractivity contribution in [3.05, 3.63) is 48.0 Å². The minimum Gasteiger partial charge on any atom is -0.507 e. The molecule has 0 spiro atoms. The van der Waals surface area contributed by atoms with Crippen molar-refractivity contribution in [1.29, 1.82) is 0 Å². The lowest BCUT2D eigenvalue weighted by Crippen LogP contribution is -2.00. The Morgan fingerprint density at radius 2 is 1.68 bits per heavy atom. The van der Waals surface area contributed by atoms with E-state index >= 15 is 0 Å². The summed E-state index contributed by atoms with van der Waals surface area (Å²) in [6.07, 6.45) is 7.17. The highest BCUT2D eigenvalue weighted by Gasteiger charge is 2.14. The van der Waals surface area contributed by atoms with E-state index in [1.54, 1.807) is 36.4 Å². The molecule has 0 aliphatic heterocycles. The average molecular weight is 342 g/mol. The van der Waals surface area contributed by atoms with Crippen LogP contribution in [-0.2, 0) is 0 Å². The summed E-state index contributed by atoms with van der Waals surface area (Å²) in [5, 5.41) is 19.6. The number of aromatic hydroxyl groups is 1. The van der Waals surface area contributed by atoms with E-state index in [2.05, 4.69) is 6.92 Å². The molecule has 0 heterocycles. The molecule has 0 bridgehead atoms. The fourth-order valence-electron chi connectivity index (χ4n) is 2.81. The quantitative estimate of drug-likeness (QED) is 0.560. The van der Waals surface area contributed by atoms with Gasteiger partial charge in [0, 0.05) is 11.6 Å². The number of carbonyl (C=O) groups is 1. The third-order valence-electron chi connectivity index (χ3n) is 4.18. The molecule has 0 aliphatic rings. The minimum atomic E-state index is -1.02. The first-order chi connectivity index (χ1) is 12.1. The van der Waals surface area contributed by atoms with Crippen LogP contribution in [-0.4, -0.2) is 22.8 Å². The van der Waals surface area contributed by atoms with E-state index < -0.39 is 5.97 Å². The van der Waals surface area contributed by atoms with Crippen LogP contribution in [0.2, 0.25) is 0 Å². The number of carboxylic acid groups (broad SMARTS) is 1. The Balaban J connectivity index is 1.96. The van der Waals surface area contributed by atoms with Gasteiger partial charge in [0.05, 0.1) is 12.2 Å². The number of phenols is 1. The van der Waals surface area contributed by atoms with Crippen LogP contribution < -0.4 is 4.74 Å². The van der Waals surface area contributed by atoms with Gasteiger partial charge in [0.15, 0.2) is 0 Å². The Morgan fingerprint density at radius 1 is 0.960 bits per heavy atom. The van der Waals surface area contributed by atoms with E-state index in [1.165, 1.54) is 31.7 Å². The molecule has 0 fully saturated rings. The van der Waals surface area contributed by atoms with E-state index in [-0.39, 0.29) is 11.3 Å². The van der Waals surface area contributed by atoms with Crippen LogP contribution in [0, 0.1) is 0 Å². The van der Waals surface area contributed by atoms with Crippen molar-refractivity contribution in [3.63, 3.8) is 0 Å². The molecule has 0 radical (unpaired) electrons. The molecule has 2 aromatic rings. The Kier molecular flexibility index (Phi) is 7.33. The number of hydrogen-bond acceptors (Lipinski definition) is 3. The highest BCUT2D eigenvalue weighted by Crippen LogP contribution is 2.34. The summed E-state index contributed by atoms with van der Waals surface area (Å²) < 4.78 is 5.69. The van der Waals surface area contributed by atoms with Gasteiger partial charge in [0.2, 0.25) is 0 Å². The maximum absolute atomic E-state index is 11.3. The van der Waals surface area contributed by atoms with Crippen molar-refractivity contribution >= 4 is 5.97 Å². The number of phenolic OH excluding ortho intramolecular Hbond substituents is 1. The summed E-state index contributed by atoms with van der Waals surface area (Å²) in [5.74, 6) is -0.393. The molecular formula is C21H26O4. The van der Waals surface area contributed by atoms with Gasteiger partial charge >= 0.3 is 5.97 Å². The first-order valence-electron chi connectivity index (χ1n) is 8.92. The summed E-state index contributed by atoms with van der Waals surface area (Å²) in [6.45, 7) is 2.82. The second-order valence-corrected chi connectivity index (χ2v) is 6.15. The molecule has 4 nitrogen and oxygen atoms in total. The van der Waals surface area contributed by atoms with E-state index in [0.717, 1.165) is 12.8 Å². The van der Waals surface area contributed by atoms with Gasteiger partial charge in [0.1, 0.15) is 11.5 Å². The zero-order valence-electron chi connectivity index (χ0n) is 14.7. The number of carboxylic acids is 1. The van der Waals surface area contributed by atoms with Gasteiger partial charge < -0.3 is 14.9 Å². The van der Waals surface area contributed by atoms with Crippen LogP contribution in [0.4, 0.5) is 0 Å². The van der Waals surface area contributed by atoms with Crippen LogP contribution in [0.1, 0.15) is 55.8 Å². The largest absolute Gasteiger partial charge is 0.507 e. The van der Waals surface area contributed by atoms with Gasteiger partial charge in [-0.3, -0.25) is 0 Å². The molecule has 0 saturated carbocycles. The summed E-state index contributed by atoms with van der Waals surface area (Å²) in [5.41, 5.74) is 1.15. The predicted octanol–water partition coefficient (Wildman–Crippen LogP) is 5.50. The van der Waals surface area contributed by atoms with Crippen molar-refractivity contribution in [2.75, 3.05) is 6.61 Å². The maximum atomic E-state index is 11.3. The second kappa shape index (κ2) is 9.72. The molecule has 0 atom stereocenters. The third-order valence-corrected chi connectivity index (χ3v) is 4.18. The molecule has 0 aromatic heterocycles. The van der Waals surface area contributed by atoms with Gasteiger partial charge in [0.25, 0.3) is 0 Å². The van der Waals surface area contributed by atoms with Gasteiger partial charge in [-0.05, 0) is 30.2 Å². The summed E-state index contributed by atoms with van der Waals surface area (Å²) in [7, 11) is 0. The van der Waals surface area contributed by atoms with Crippen LogP contribution in [0.15, 0.2) is 42.5 Å². The third kappa shape index (κ3) is 5.52. The summed E-state index contributed by atoms with van der Waals surface area (Å²) in [4.78, 5) is 11.3. The molecule has 2 rings (SSSR count). The highest BCUT2D eigenvalue weighted by atomic mass is 16.5. The smallest absolute Gasteiger partial charge is 0.336 e. The van der Waals surface area contributed by atoms with Crippen LogP contribution >= 0.6 is 0 Å². The maximum Gasteiger partial charge on any atom is 0.336 e. The van der Waals surface area contributed by atoms with Gasteiger partial charge in [-0.2, -0.15) is 0 Å². The normalized spacial score (nSPS) is 10.6. The fraction of sp³-hybridized carbons (Fsp3) is 0.381. The van der Waals surface area contributed by atoms with E-state index in [1.807, 2.05) is 0 Å². The molecule has 0 unspecified atom stereocenters. The zero-order chi connectivity index (χ0) is 18.1. The fourth-order valence-corrected chi connectivity index (χ4v) is 2.81. The first kappa shape index (κ1) is 18.8. The number of benzene rings is 2. The number of aromatic carboxylic acids is 1. The molecule has 4 heteroatoms. The Hall–Kier alpha value is -2.49. The number of rotatable bonds is 10. The monoisotopic (exact) mass is 342 g/mol. The zero-order valence-corrected chi connectivity index (χ0v) is 14.7. The summed E-state index contributed by atoms with van der Waals surface area (Å²) in [6, 6.07) is 11.7. The van der Waals surface area contributed by atoms with Crippen molar-refractivity contribution in [2.24, 2.45) is 0 Å². The molecule has 134 valence electrons. The molecule has 25 heavy (non-hydrogen) atoms. The first-order valence-corrected chi connectivity index (χ1v) is 8.92. The van der Waals surface area contributed by atoms with Crippen LogP contribution in [0.5, 0.6) is 11.5 Å². The number of hydrogen-bond donors (Lipinski definition) is 2. The SMILES string of the molecule is CCCCCCCCOc1ccc(-c2ccccc2C(=O)O)c(O)c1. The molecule has 0 saturated heterocycles. The highest BCUT2D eigenvalue weighted by molar-refractivity contribution is 5.96. The van der Waals surface area contributed by atoms with Gasteiger partial charge in [-0.25, -0.2) is 4.79 Å². The van der Waals surface area contributed by atoms with Gasteiger partial charge in [-0.15, -0.1) is 0 Å². The van der Waals surface area contributed by atoms with E-state index in [4.69, 9.17) is 4.74 Å². The van der Waals surface area contributed by atoms with Crippen LogP contribution in [0.25, 0.3) is 11.1 Å². The lowest BCUT2D eigenvalue weighted by molar-refractivity contribution is 0.0697. The molecule has 2 N–H and O–H groups in total. The molecule has 0 amide bonds. The lowest BCUT2D eigenvalue weighted by Gasteiger charge is -2.11.